The van der Waals surface area contributed by atoms with Crippen LogP contribution in [-0.2, 0) is 4.74 Å². The first kappa shape index (κ1) is 18.6. The predicted molar refractivity (Wildman–Crippen MR) is 116 cm³/mol. The fourth-order valence-electron chi connectivity index (χ4n) is 4.56. The Hall–Kier alpha value is -3.42. The average Bonchev–Trinajstić information content (AvgIpc) is 3.02. The monoisotopic (exact) mass is 404 g/mol. The summed E-state index contributed by atoms with van der Waals surface area (Å²) in [5.74, 6) is 1.25. The van der Waals surface area contributed by atoms with E-state index in [1.807, 2.05) is 12.3 Å². The van der Waals surface area contributed by atoms with Gasteiger partial charge in [-0.3, -0.25) is 0 Å². The lowest BCUT2D eigenvalue weighted by molar-refractivity contribution is 0.0526. The van der Waals surface area contributed by atoms with Crippen molar-refractivity contribution in [2.75, 3.05) is 35.2 Å². The third-order valence-electron chi connectivity index (χ3n) is 5.95. The molecule has 2 aliphatic rings. The molecule has 4 heterocycles. The molecule has 8 nitrogen and oxygen atoms in total. The van der Waals surface area contributed by atoms with Crippen LogP contribution in [0.3, 0.4) is 0 Å². The van der Waals surface area contributed by atoms with Gasteiger partial charge in [0.05, 0.1) is 6.61 Å². The standard InChI is InChI=1S/C22H24N6O2/c1-2-30-21(29)18-11-25-22(26-20(18)23)27-12-16-7-8-17(13-27)28(16)19-9-14-5-3-4-6-15(14)10-24-19/h3-6,9-11,16-17H,2,7-8,12-13H2,1H3,(H2,23,25,26). The van der Waals surface area contributed by atoms with E-state index in [0.717, 1.165) is 37.1 Å². The van der Waals surface area contributed by atoms with Gasteiger partial charge in [0.15, 0.2) is 0 Å². The number of fused-ring (bicyclic) bond motifs is 3. The lowest BCUT2D eigenvalue weighted by Gasteiger charge is -2.41. The number of rotatable bonds is 4. The zero-order chi connectivity index (χ0) is 20.7. The molecule has 154 valence electrons. The van der Waals surface area contributed by atoms with Crippen LogP contribution in [0.5, 0.6) is 0 Å². The summed E-state index contributed by atoms with van der Waals surface area (Å²) in [5, 5.41) is 2.35. The number of aromatic nitrogens is 3. The highest BCUT2D eigenvalue weighted by Gasteiger charge is 2.41. The van der Waals surface area contributed by atoms with Gasteiger partial charge < -0.3 is 20.3 Å². The van der Waals surface area contributed by atoms with E-state index < -0.39 is 5.97 Å². The molecule has 2 fully saturated rings. The number of hydrogen-bond acceptors (Lipinski definition) is 8. The van der Waals surface area contributed by atoms with Gasteiger partial charge in [-0.2, -0.15) is 4.98 Å². The van der Waals surface area contributed by atoms with Crippen LogP contribution >= 0.6 is 0 Å². The van der Waals surface area contributed by atoms with Gasteiger partial charge in [0.2, 0.25) is 5.95 Å². The normalized spacial score (nSPS) is 20.6. The quantitative estimate of drug-likeness (QED) is 0.663. The molecule has 3 aromatic rings. The number of carbonyl (C=O) groups is 1. The highest BCUT2D eigenvalue weighted by molar-refractivity contribution is 5.93. The highest BCUT2D eigenvalue weighted by Crippen LogP contribution is 2.36. The van der Waals surface area contributed by atoms with Gasteiger partial charge in [-0.05, 0) is 31.2 Å². The largest absolute Gasteiger partial charge is 0.462 e. The number of ether oxygens (including phenoxy) is 1. The average molecular weight is 404 g/mol. The SMILES string of the molecule is CCOC(=O)c1cnc(N2CC3CCC(C2)N3c2cc3ccccc3cn2)nc1N. The Balaban J connectivity index is 1.37. The maximum absolute atomic E-state index is 12.0. The summed E-state index contributed by atoms with van der Waals surface area (Å²) < 4.78 is 5.01. The number of hydrogen-bond donors (Lipinski definition) is 1. The van der Waals surface area contributed by atoms with Crippen molar-refractivity contribution < 1.29 is 9.53 Å². The van der Waals surface area contributed by atoms with Gasteiger partial charge >= 0.3 is 5.97 Å². The molecule has 2 aromatic heterocycles. The number of benzene rings is 1. The second kappa shape index (κ2) is 7.44. The molecule has 2 saturated heterocycles. The first-order chi connectivity index (χ1) is 14.6. The molecule has 0 spiro atoms. The van der Waals surface area contributed by atoms with Crippen molar-refractivity contribution in [1.29, 1.82) is 0 Å². The molecule has 5 rings (SSSR count). The Morgan fingerprint density at radius 3 is 2.57 bits per heavy atom. The number of nitrogens with two attached hydrogens (primary N) is 1. The molecule has 0 aliphatic carbocycles. The fourth-order valence-corrected chi connectivity index (χ4v) is 4.56. The Morgan fingerprint density at radius 1 is 1.13 bits per heavy atom. The number of carbonyl (C=O) groups excluding carboxylic acids is 1. The van der Waals surface area contributed by atoms with Gasteiger partial charge in [-0.1, -0.05) is 24.3 Å². The molecule has 0 radical (unpaired) electrons. The lowest BCUT2D eigenvalue weighted by atomic mass is 10.1. The fraction of sp³-hybridized carbons (Fsp3) is 0.364. The summed E-state index contributed by atoms with van der Waals surface area (Å²) in [6.45, 7) is 3.63. The summed E-state index contributed by atoms with van der Waals surface area (Å²) in [7, 11) is 0. The summed E-state index contributed by atoms with van der Waals surface area (Å²) in [6.07, 6.45) is 5.63. The van der Waals surface area contributed by atoms with Gasteiger partial charge in [-0.25, -0.2) is 14.8 Å². The van der Waals surface area contributed by atoms with Crippen LogP contribution < -0.4 is 15.5 Å². The summed E-state index contributed by atoms with van der Waals surface area (Å²) in [6, 6.07) is 11.2. The highest BCUT2D eigenvalue weighted by atomic mass is 16.5. The summed E-state index contributed by atoms with van der Waals surface area (Å²) >= 11 is 0. The summed E-state index contributed by atoms with van der Waals surface area (Å²) in [4.78, 5) is 30.1. The number of piperazine rings is 1. The third-order valence-corrected chi connectivity index (χ3v) is 5.95. The smallest absolute Gasteiger partial charge is 0.343 e. The molecule has 8 heteroatoms. The van der Waals surface area contributed by atoms with Crippen LogP contribution in [0.1, 0.15) is 30.1 Å². The molecule has 2 bridgehead atoms. The van der Waals surface area contributed by atoms with Gasteiger partial charge in [0, 0.05) is 43.0 Å². The zero-order valence-corrected chi connectivity index (χ0v) is 16.9. The second-order valence-corrected chi connectivity index (χ2v) is 7.78. The number of pyridine rings is 1. The first-order valence-corrected chi connectivity index (χ1v) is 10.3. The van der Waals surface area contributed by atoms with Crippen LogP contribution in [0.2, 0.25) is 0 Å². The van der Waals surface area contributed by atoms with E-state index >= 15 is 0 Å². The van der Waals surface area contributed by atoms with E-state index in [1.165, 1.54) is 11.6 Å². The Labute approximate surface area is 174 Å². The molecular formula is C22H24N6O2. The van der Waals surface area contributed by atoms with E-state index in [9.17, 15) is 4.79 Å². The van der Waals surface area contributed by atoms with Crippen molar-refractivity contribution in [2.45, 2.75) is 31.8 Å². The third kappa shape index (κ3) is 3.18. The lowest BCUT2D eigenvalue weighted by Crippen LogP contribution is -2.54. The number of esters is 1. The molecule has 0 amide bonds. The van der Waals surface area contributed by atoms with E-state index in [4.69, 9.17) is 15.5 Å². The summed E-state index contributed by atoms with van der Waals surface area (Å²) in [5.41, 5.74) is 6.23. The van der Waals surface area contributed by atoms with Gasteiger partial charge in [0.1, 0.15) is 17.2 Å². The van der Waals surface area contributed by atoms with Crippen molar-refractivity contribution in [3.05, 3.63) is 48.3 Å². The van der Waals surface area contributed by atoms with Crippen LogP contribution in [0, 0.1) is 0 Å². The molecule has 2 unspecified atom stereocenters. The van der Waals surface area contributed by atoms with E-state index in [1.54, 1.807) is 6.92 Å². The van der Waals surface area contributed by atoms with Crippen LogP contribution in [0.4, 0.5) is 17.6 Å². The minimum Gasteiger partial charge on any atom is -0.462 e. The Kier molecular flexibility index (Phi) is 4.61. The Morgan fingerprint density at radius 2 is 1.87 bits per heavy atom. The topological polar surface area (TPSA) is 97.5 Å². The maximum atomic E-state index is 12.0. The molecule has 30 heavy (non-hydrogen) atoms. The number of nitrogen functional groups attached to an aromatic ring is 1. The van der Waals surface area contributed by atoms with Crippen LogP contribution in [-0.4, -0.2) is 52.7 Å². The molecule has 2 atom stereocenters. The van der Waals surface area contributed by atoms with Crippen molar-refractivity contribution in [3.8, 4) is 0 Å². The van der Waals surface area contributed by atoms with Crippen molar-refractivity contribution in [2.24, 2.45) is 0 Å². The number of nitrogens with zero attached hydrogens (tertiary/aromatic N) is 5. The van der Waals surface area contributed by atoms with Gasteiger partial charge in [0.25, 0.3) is 0 Å². The molecule has 0 saturated carbocycles. The maximum Gasteiger partial charge on any atom is 0.343 e. The van der Waals surface area contributed by atoms with E-state index in [2.05, 4.69) is 44.0 Å². The second-order valence-electron chi connectivity index (χ2n) is 7.78. The van der Waals surface area contributed by atoms with Crippen molar-refractivity contribution in [3.63, 3.8) is 0 Å². The Bertz CT molecular complexity index is 1090. The van der Waals surface area contributed by atoms with E-state index in [-0.39, 0.29) is 18.0 Å². The van der Waals surface area contributed by atoms with Crippen molar-refractivity contribution in [1.82, 2.24) is 15.0 Å². The van der Waals surface area contributed by atoms with Crippen LogP contribution in [0.15, 0.2) is 42.7 Å². The molecule has 2 aliphatic heterocycles. The van der Waals surface area contributed by atoms with Crippen LogP contribution in [0.25, 0.3) is 10.8 Å². The van der Waals surface area contributed by atoms with E-state index in [0.29, 0.717) is 18.0 Å². The minimum absolute atomic E-state index is 0.157. The zero-order valence-electron chi connectivity index (χ0n) is 16.9. The molecular weight excluding hydrogens is 380 g/mol. The number of anilines is 3. The first-order valence-electron chi connectivity index (χ1n) is 10.3. The van der Waals surface area contributed by atoms with Gasteiger partial charge in [-0.15, -0.1) is 0 Å². The van der Waals surface area contributed by atoms with Crippen molar-refractivity contribution >= 4 is 34.3 Å². The predicted octanol–water partition coefficient (Wildman–Crippen LogP) is 2.64. The molecule has 2 N–H and O–H groups in total. The molecule has 1 aromatic carbocycles. The minimum atomic E-state index is -0.492.